The summed E-state index contributed by atoms with van der Waals surface area (Å²) in [6, 6.07) is 22.0. The van der Waals surface area contributed by atoms with Crippen LogP contribution in [-0.4, -0.2) is 50.3 Å². The lowest BCUT2D eigenvalue weighted by molar-refractivity contribution is -0.141. The summed E-state index contributed by atoms with van der Waals surface area (Å²) in [7, 11) is 0. The molecule has 0 aromatic heterocycles. The van der Waals surface area contributed by atoms with Crippen LogP contribution in [0, 0.1) is 35.3 Å². The number of anilines is 1. The number of hydrogen-bond donors (Lipinski definition) is 3. The van der Waals surface area contributed by atoms with Gasteiger partial charge in [0.25, 0.3) is 11.8 Å². The van der Waals surface area contributed by atoms with Crippen molar-refractivity contribution >= 4 is 40.9 Å². The molecule has 4 aromatic rings. The first-order chi connectivity index (χ1) is 25.0. The molecule has 6 unspecified atom stereocenters. The number of imide groups is 2. The molecule has 8 rings (SSSR count). The zero-order valence-corrected chi connectivity index (χ0v) is 28.3. The van der Waals surface area contributed by atoms with Crippen LogP contribution in [0.25, 0.3) is 0 Å². The highest BCUT2D eigenvalue weighted by atomic mass is 35.5. The molecule has 4 aromatic carbocycles. The molecule has 4 aliphatic rings. The molecule has 2 aliphatic carbocycles. The van der Waals surface area contributed by atoms with Gasteiger partial charge in [0.15, 0.2) is 11.6 Å². The number of carbonyl (C=O) groups excluding carboxylic acids is 4. The van der Waals surface area contributed by atoms with E-state index < -0.39 is 64.2 Å². The molecule has 264 valence electrons. The molecule has 6 atom stereocenters. The number of phenols is 2. The average Bonchev–Trinajstić information content (AvgIpc) is 3.50. The van der Waals surface area contributed by atoms with Crippen LogP contribution in [0.3, 0.4) is 0 Å². The summed E-state index contributed by atoms with van der Waals surface area (Å²) in [5.74, 6) is -8.16. The number of fused-ring (bicyclic) bond motifs is 4. The standard InChI is InChI=1S/C40H32ClF2N3O6/c41-24-6-4-23(5-7-24)40-31(37(50)46(39(40)52)44-26-10-8-25(42)9-11-26)20-30-28(35(40)22-3-16-33(48)32(43)19-22)14-15-29-34(30)38(51)45(36(29)49)18-17-21-1-12-27(47)13-2-21/h1-14,16,19,29-31,34-35,44,47-48H,15,17-18,20H2. The van der Waals surface area contributed by atoms with E-state index in [2.05, 4.69) is 5.43 Å². The van der Waals surface area contributed by atoms with E-state index in [-0.39, 0.29) is 42.6 Å². The van der Waals surface area contributed by atoms with Crippen LogP contribution < -0.4 is 5.43 Å². The lowest BCUT2D eigenvalue weighted by Gasteiger charge is -2.50. The number of nitrogens with zero attached hydrogens (tertiary/aromatic N) is 2. The van der Waals surface area contributed by atoms with Gasteiger partial charge in [-0.3, -0.25) is 29.5 Å². The maximum absolute atomic E-state index is 15.3. The van der Waals surface area contributed by atoms with Crippen molar-refractivity contribution in [2.75, 3.05) is 12.0 Å². The molecule has 3 fully saturated rings. The number of hydrazine groups is 1. The Morgan fingerprint density at radius 1 is 0.827 bits per heavy atom. The number of halogens is 3. The van der Waals surface area contributed by atoms with E-state index in [1.165, 1.54) is 53.4 Å². The maximum Gasteiger partial charge on any atom is 0.260 e. The Hall–Kier alpha value is -5.55. The minimum atomic E-state index is -1.67. The normalized spacial score (nSPS) is 26.6. The lowest BCUT2D eigenvalue weighted by Crippen LogP contribution is -2.53. The van der Waals surface area contributed by atoms with Crippen molar-refractivity contribution in [3.63, 3.8) is 0 Å². The molecular weight excluding hydrogens is 692 g/mol. The van der Waals surface area contributed by atoms with E-state index in [0.29, 0.717) is 28.1 Å². The van der Waals surface area contributed by atoms with Gasteiger partial charge in [-0.2, -0.15) is 5.01 Å². The van der Waals surface area contributed by atoms with E-state index >= 15 is 9.18 Å². The van der Waals surface area contributed by atoms with Crippen molar-refractivity contribution in [2.24, 2.45) is 23.7 Å². The smallest absolute Gasteiger partial charge is 0.260 e. The summed E-state index contributed by atoms with van der Waals surface area (Å²) in [5, 5.41) is 21.2. The van der Waals surface area contributed by atoms with Gasteiger partial charge in [0.05, 0.1) is 28.9 Å². The number of likely N-dealkylation sites (tertiary alicyclic amines) is 1. The number of rotatable bonds is 7. The molecule has 1 saturated carbocycles. The van der Waals surface area contributed by atoms with Gasteiger partial charge >= 0.3 is 0 Å². The van der Waals surface area contributed by atoms with Gasteiger partial charge in [-0.05, 0) is 103 Å². The highest BCUT2D eigenvalue weighted by Gasteiger charge is 2.70. The first-order valence-corrected chi connectivity index (χ1v) is 17.3. The van der Waals surface area contributed by atoms with Crippen molar-refractivity contribution in [2.45, 2.75) is 30.6 Å². The van der Waals surface area contributed by atoms with Crippen molar-refractivity contribution in [1.82, 2.24) is 9.91 Å². The number of aromatic hydroxyl groups is 2. The SMILES string of the molecule is O=C1C2CC=C3C(CC4C(=O)N(Nc5ccc(F)cc5)C(=O)C4(c4ccc(Cl)cc4)C3c3ccc(O)c(F)c3)C2C(=O)N1CCc1ccc(O)cc1. The lowest BCUT2D eigenvalue weighted by atomic mass is 9.49. The van der Waals surface area contributed by atoms with Crippen LogP contribution in [0.4, 0.5) is 14.5 Å². The van der Waals surface area contributed by atoms with Crippen molar-refractivity contribution < 1.29 is 38.2 Å². The van der Waals surface area contributed by atoms with E-state index in [1.54, 1.807) is 36.4 Å². The third kappa shape index (κ3) is 5.17. The summed E-state index contributed by atoms with van der Waals surface area (Å²) in [4.78, 5) is 59.2. The molecule has 4 amide bonds. The predicted octanol–water partition coefficient (Wildman–Crippen LogP) is 6.26. The quantitative estimate of drug-likeness (QED) is 0.152. The second kappa shape index (κ2) is 12.6. The number of benzene rings is 4. The van der Waals surface area contributed by atoms with Gasteiger partial charge in [0.2, 0.25) is 11.8 Å². The monoisotopic (exact) mass is 723 g/mol. The number of allylic oxidation sites excluding steroid dienone is 2. The predicted molar refractivity (Wildman–Crippen MR) is 186 cm³/mol. The Morgan fingerprint density at radius 2 is 1.54 bits per heavy atom. The fraction of sp³-hybridized carbons (Fsp3) is 0.250. The van der Waals surface area contributed by atoms with Gasteiger partial charge in [0, 0.05) is 17.5 Å². The van der Waals surface area contributed by atoms with Crippen molar-refractivity contribution in [3.8, 4) is 11.5 Å². The Morgan fingerprint density at radius 3 is 2.23 bits per heavy atom. The third-order valence-electron chi connectivity index (χ3n) is 11.2. The van der Waals surface area contributed by atoms with Crippen LogP contribution in [0.1, 0.15) is 35.4 Å². The number of hydrogen-bond acceptors (Lipinski definition) is 7. The third-order valence-corrected chi connectivity index (χ3v) is 11.5. The zero-order valence-electron chi connectivity index (χ0n) is 27.5. The van der Waals surface area contributed by atoms with Crippen LogP contribution in [0.5, 0.6) is 11.5 Å². The average molecular weight is 724 g/mol. The Bertz CT molecular complexity index is 2160. The second-order valence-electron chi connectivity index (χ2n) is 13.8. The summed E-state index contributed by atoms with van der Waals surface area (Å²) in [5.41, 5.74) is 3.68. The van der Waals surface area contributed by atoms with Gasteiger partial charge in [-0.15, -0.1) is 0 Å². The molecule has 12 heteroatoms. The van der Waals surface area contributed by atoms with E-state index in [1.807, 2.05) is 6.08 Å². The number of phenolic OH excluding ortho intramolecular Hbond substituents is 2. The number of carbonyl (C=O) groups is 4. The van der Waals surface area contributed by atoms with E-state index in [0.717, 1.165) is 16.6 Å². The summed E-state index contributed by atoms with van der Waals surface area (Å²) in [6.07, 6.45) is 2.45. The Kier molecular flexibility index (Phi) is 8.13. The van der Waals surface area contributed by atoms with Crippen LogP contribution in [0.2, 0.25) is 5.02 Å². The minimum Gasteiger partial charge on any atom is -0.508 e. The molecule has 3 N–H and O–H groups in total. The maximum atomic E-state index is 15.3. The summed E-state index contributed by atoms with van der Waals surface area (Å²) >= 11 is 6.30. The van der Waals surface area contributed by atoms with Crippen LogP contribution in [0.15, 0.2) is 103 Å². The molecule has 0 spiro atoms. The molecule has 0 bridgehead atoms. The molecule has 9 nitrogen and oxygen atoms in total. The fourth-order valence-electron chi connectivity index (χ4n) is 8.92. The van der Waals surface area contributed by atoms with Gasteiger partial charge < -0.3 is 10.2 Å². The first-order valence-electron chi connectivity index (χ1n) is 17.0. The fourth-order valence-corrected chi connectivity index (χ4v) is 9.05. The largest absolute Gasteiger partial charge is 0.508 e. The highest BCUT2D eigenvalue weighted by molar-refractivity contribution is 6.30. The second-order valence-corrected chi connectivity index (χ2v) is 14.3. The first kappa shape index (κ1) is 33.6. The van der Waals surface area contributed by atoms with E-state index in [4.69, 9.17) is 11.6 Å². The van der Waals surface area contributed by atoms with Gasteiger partial charge in [-0.25, -0.2) is 8.78 Å². The molecular formula is C40H32ClF2N3O6. The number of amides is 4. The minimum absolute atomic E-state index is 0.0314. The van der Waals surface area contributed by atoms with E-state index in [9.17, 15) is 29.0 Å². The number of nitrogens with one attached hydrogen (secondary N) is 1. The van der Waals surface area contributed by atoms with Crippen molar-refractivity contribution in [1.29, 1.82) is 0 Å². The molecule has 2 heterocycles. The van der Waals surface area contributed by atoms with Crippen LogP contribution >= 0.6 is 11.6 Å². The topological polar surface area (TPSA) is 127 Å². The molecule has 52 heavy (non-hydrogen) atoms. The molecule has 2 saturated heterocycles. The van der Waals surface area contributed by atoms with Gasteiger partial charge in [0.1, 0.15) is 11.6 Å². The zero-order chi connectivity index (χ0) is 36.5. The summed E-state index contributed by atoms with van der Waals surface area (Å²) < 4.78 is 29.1. The highest BCUT2D eigenvalue weighted by Crippen LogP contribution is 2.64. The Balaban J connectivity index is 1.26. The molecule has 2 aliphatic heterocycles. The Labute approximate surface area is 302 Å². The van der Waals surface area contributed by atoms with Gasteiger partial charge in [-0.1, -0.05) is 53.6 Å². The summed E-state index contributed by atoms with van der Waals surface area (Å²) in [6.45, 7) is 0.120. The van der Waals surface area contributed by atoms with Crippen LogP contribution in [-0.2, 0) is 31.0 Å². The van der Waals surface area contributed by atoms with Crippen molar-refractivity contribution in [3.05, 3.63) is 136 Å². The molecule has 0 radical (unpaired) electrons.